The van der Waals surface area contributed by atoms with Crippen molar-refractivity contribution in [2.24, 2.45) is 0 Å². The van der Waals surface area contributed by atoms with Crippen molar-refractivity contribution in [1.29, 1.82) is 0 Å². The maximum absolute atomic E-state index is 13.8. The molecule has 28 heavy (non-hydrogen) atoms. The van der Waals surface area contributed by atoms with E-state index in [-0.39, 0.29) is 23.2 Å². The van der Waals surface area contributed by atoms with E-state index in [2.05, 4.69) is 4.98 Å². The van der Waals surface area contributed by atoms with Gasteiger partial charge in [0, 0.05) is 18.1 Å². The third-order valence-electron chi connectivity index (χ3n) is 4.12. The lowest BCUT2D eigenvalue weighted by molar-refractivity contribution is -0.137. The number of alkyl halides is 3. The van der Waals surface area contributed by atoms with E-state index in [1.165, 1.54) is 34.4 Å². The molecule has 0 radical (unpaired) electrons. The molecule has 146 valence electrons. The summed E-state index contributed by atoms with van der Waals surface area (Å²) in [5.74, 6) is -1.13. The van der Waals surface area contributed by atoms with Crippen LogP contribution in [0.25, 0.3) is 11.1 Å². The van der Waals surface area contributed by atoms with Crippen molar-refractivity contribution in [3.8, 4) is 11.1 Å². The summed E-state index contributed by atoms with van der Waals surface area (Å²) in [5, 5.41) is 0.853. The highest BCUT2D eigenvalue weighted by molar-refractivity contribution is 7.11. The van der Waals surface area contributed by atoms with Crippen LogP contribution in [0.5, 0.6) is 0 Å². The maximum Gasteiger partial charge on any atom is 0.416 e. The summed E-state index contributed by atoms with van der Waals surface area (Å²) in [6, 6.07) is 8.13. The average Bonchev–Trinajstić information content (AvgIpc) is 3.05. The Morgan fingerprint density at radius 3 is 2.57 bits per heavy atom. The molecule has 0 atom stereocenters. The van der Waals surface area contributed by atoms with Crippen LogP contribution in [0.15, 0.2) is 48.7 Å². The van der Waals surface area contributed by atoms with Crippen molar-refractivity contribution in [3.63, 3.8) is 0 Å². The zero-order valence-electron chi connectivity index (χ0n) is 15.0. The fourth-order valence-corrected chi connectivity index (χ4v) is 3.65. The van der Waals surface area contributed by atoms with Gasteiger partial charge in [-0.05, 0) is 42.3 Å². The molecule has 3 nitrogen and oxygen atoms in total. The lowest BCUT2D eigenvalue weighted by Gasteiger charge is -2.19. The van der Waals surface area contributed by atoms with E-state index in [1.54, 1.807) is 13.2 Å². The van der Waals surface area contributed by atoms with Gasteiger partial charge in [-0.25, -0.2) is 9.37 Å². The van der Waals surface area contributed by atoms with Gasteiger partial charge in [0.1, 0.15) is 5.82 Å². The smallest absolute Gasteiger partial charge is 0.336 e. The second kappa shape index (κ2) is 7.71. The van der Waals surface area contributed by atoms with Crippen molar-refractivity contribution in [3.05, 3.63) is 75.5 Å². The number of halogens is 4. The fourth-order valence-electron chi connectivity index (χ4n) is 2.80. The molecule has 2 aromatic carbocycles. The normalized spacial score (nSPS) is 11.5. The fraction of sp³-hybridized carbons (Fsp3) is 0.200. The lowest BCUT2D eigenvalue weighted by atomic mass is 9.97. The van der Waals surface area contributed by atoms with E-state index < -0.39 is 23.5 Å². The molecule has 0 N–H and O–H groups in total. The largest absolute Gasteiger partial charge is 0.416 e. The van der Waals surface area contributed by atoms with E-state index in [1.807, 2.05) is 6.92 Å². The number of carbonyl (C=O) groups excluding carboxylic acids is 1. The van der Waals surface area contributed by atoms with Crippen LogP contribution in [0.4, 0.5) is 17.6 Å². The van der Waals surface area contributed by atoms with Crippen molar-refractivity contribution < 1.29 is 22.4 Å². The summed E-state index contributed by atoms with van der Waals surface area (Å²) in [6.07, 6.45) is -2.86. The number of aryl methyl sites for hydroxylation is 1. The molecule has 0 saturated carbocycles. The Morgan fingerprint density at radius 2 is 1.93 bits per heavy atom. The van der Waals surface area contributed by atoms with Crippen molar-refractivity contribution >= 4 is 17.2 Å². The predicted molar refractivity (Wildman–Crippen MR) is 99.5 cm³/mol. The van der Waals surface area contributed by atoms with Gasteiger partial charge in [0.05, 0.1) is 22.7 Å². The molecule has 0 aliphatic rings. The minimum absolute atomic E-state index is 0.00283. The standard InChI is InChI=1S/C20H16F4N2OS/c1-12-25-10-16(28-12)11-26(2)19(27)18-9-15(21)6-7-17(18)13-4-3-5-14(8-13)20(22,23)24/h3-10H,11H2,1-2H3. The number of carbonyl (C=O) groups is 1. The van der Waals surface area contributed by atoms with Crippen molar-refractivity contribution in [1.82, 2.24) is 9.88 Å². The first-order valence-electron chi connectivity index (χ1n) is 8.29. The van der Waals surface area contributed by atoms with Crippen LogP contribution in [0.3, 0.4) is 0 Å². The van der Waals surface area contributed by atoms with Crippen LogP contribution < -0.4 is 0 Å². The minimum atomic E-state index is -4.51. The molecule has 0 bridgehead atoms. The van der Waals surface area contributed by atoms with Gasteiger partial charge in [-0.15, -0.1) is 11.3 Å². The van der Waals surface area contributed by atoms with Gasteiger partial charge in [-0.2, -0.15) is 13.2 Å². The van der Waals surface area contributed by atoms with Gasteiger partial charge in [0.15, 0.2) is 0 Å². The first-order valence-corrected chi connectivity index (χ1v) is 9.11. The molecule has 0 spiro atoms. The molecule has 3 aromatic rings. The Morgan fingerprint density at radius 1 is 1.18 bits per heavy atom. The molecule has 1 aromatic heterocycles. The quantitative estimate of drug-likeness (QED) is 0.531. The summed E-state index contributed by atoms with van der Waals surface area (Å²) < 4.78 is 52.9. The van der Waals surface area contributed by atoms with E-state index in [0.717, 1.165) is 34.2 Å². The minimum Gasteiger partial charge on any atom is -0.336 e. The zero-order valence-corrected chi connectivity index (χ0v) is 15.9. The molecule has 0 aliphatic heterocycles. The number of hydrogen-bond donors (Lipinski definition) is 0. The summed E-state index contributed by atoms with van der Waals surface area (Å²) in [4.78, 5) is 19.3. The van der Waals surface area contributed by atoms with Crippen LogP contribution in [0.1, 0.15) is 25.8 Å². The molecular weight excluding hydrogens is 392 g/mol. The SMILES string of the molecule is Cc1ncc(CN(C)C(=O)c2cc(F)ccc2-c2cccc(C(F)(F)F)c2)s1. The average molecular weight is 408 g/mol. The first kappa shape index (κ1) is 20.0. The number of nitrogens with zero attached hydrogens (tertiary/aromatic N) is 2. The maximum atomic E-state index is 13.8. The van der Waals surface area contributed by atoms with Gasteiger partial charge in [-0.3, -0.25) is 4.79 Å². The number of benzene rings is 2. The lowest BCUT2D eigenvalue weighted by Crippen LogP contribution is -2.26. The summed E-state index contributed by atoms with van der Waals surface area (Å²) in [7, 11) is 1.55. The number of hydrogen-bond acceptors (Lipinski definition) is 3. The van der Waals surface area contributed by atoms with E-state index in [0.29, 0.717) is 0 Å². The monoisotopic (exact) mass is 408 g/mol. The molecule has 1 heterocycles. The van der Waals surface area contributed by atoms with Crippen LogP contribution in [-0.2, 0) is 12.7 Å². The number of aromatic nitrogens is 1. The highest BCUT2D eigenvalue weighted by atomic mass is 32.1. The Kier molecular flexibility index (Phi) is 5.51. The summed E-state index contributed by atoms with van der Waals surface area (Å²) in [5.41, 5.74) is -0.394. The highest BCUT2D eigenvalue weighted by Gasteiger charge is 2.31. The van der Waals surface area contributed by atoms with Gasteiger partial charge < -0.3 is 4.90 Å². The predicted octanol–water partition coefficient (Wildman–Crippen LogP) is 5.55. The summed E-state index contributed by atoms with van der Waals surface area (Å²) in [6.45, 7) is 2.11. The van der Waals surface area contributed by atoms with Gasteiger partial charge in [0.25, 0.3) is 5.91 Å². The van der Waals surface area contributed by atoms with Gasteiger partial charge in [-0.1, -0.05) is 18.2 Å². The number of rotatable bonds is 4. The van der Waals surface area contributed by atoms with Crippen LogP contribution in [0.2, 0.25) is 0 Å². The Balaban J connectivity index is 1.98. The third-order valence-corrected chi connectivity index (χ3v) is 5.02. The number of thiazole rings is 1. The second-order valence-electron chi connectivity index (χ2n) is 6.28. The summed E-state index contributed by atoms with van der Waals surface area (Å²) >= 11 is 1.43. The second-order valence-corrected chi connectivity index (χ2v) is 7.59. The molecule has 1 amide bonds. The van der Waals surface area contributed by atoms with Gasteiger partial charge in [0.2, 0.25) is 0 Å². The zero-order chi connectivity index (χ0) is 20.5. The van der Waals surface area contributed by atoms with Crippen LogP contribution >= 0.6 is 11.3 Å². The molecule has 0 unspecified atom stereocenters. The van der Waals surface area contributed by atoms with Crippen molar-refractivity contribution in [2.75, 3.05) is 7.05 Å². The molecular formula is C20H16F4N2OS. The Bertz CT molecular complexity index is 1010. The third kappa shape index (κ3) is 4.39. The molecule has 8 heteroatoms. The topological polar surface area (TPSA) is 33.2 Å². The molecule has 0 fully saturated rings. The van der Waals surface area contributed by atoms with E-state index in [4.69, 9.17) is 0 Å². The van der Waals surface area contributed by atoms with E-state index in [9.17, 15) is 22.4 Å². The molecule has 0 aliphatic carbocycles. The van der Waals surface area contributed by atoms with Crippen molar-refractivity contribution in [2.45, 2.75) is 19.6 Å². The Hall–Kier alpha value is -2.74. The Labute approximate surface area is 163 Å². The molecule has 0 saturated heterocycles. The van der Waals surface area contributed by atoms with Crippen LogP contribution in [-0.4, -0.2) is 22.8 Å². The van der Waals surface area contributed by atoms with Gasteiger partial charge >= 0.3 is 6.18 Å². The first-order chi connectivity index (χ1) is 13.1. The van der Waals surface area contributed by atoms with Crippen LogP contribution in [0, 0.1) is 12.7 Å². The highest BCUT2D eigenvalue weighted by Crippen LogP contribution is 2.33. The molecule has 3 rings (SSSR count). The number of amides is 1. The van der Waals surface area contributed by atoms with E-state index >= 15 is 0 Å².